The zero-order valence-electron chi connectivity index (χ0n) is 22.1. The summed E-state index contributed by atoms with van der Waals surface area (Å²) in [5, 5.41) is 0. The van der Waals surface area contributed by atoms with Crippen LogP contribution in [0.3, 0.4) is 0 Å². The number of hydrogen-bond donors (Lipinski definition) is 0. The molecule has 0 aliphatic carbocycles. The number of carbonyl (C=O) groups is 4. The largest absolute Gasteiger partial charge is 0.590 e. The molecule has 40 heavy (non-hydrogen) atoms. The Morgan fingerprint density at radius 2 is 1.12 bits per heavy atom. The van der Waals surface area contributed by atoms with Crippen molar-refractivity contribution in [2.75, 3.05) is 6.61 Å². The van der Waals surface area contributed by atoms with E-state index in [4.69, 9.17) is 37.3 Å². The Balaban J connectivity index is 2.05. The fourth-order valence-electron chi connectivity index (χ4n) is 3.68. The SMILES string of the molecule is CC(=O)OC[C@H]1O[C@@H](OP(=O)(Oc2ccccc2)Oc2ccccc2)[C@@H](OC(C)=O)[C@@H](OC(C)=O)[C@@H]1OC(C)=O. The number of ether oxygens (including phenoxy) is 5. The van der Waals surface area contributed by atoms with Crippen LogP contribution >= 0.6 is 7.82 Å². The molecule has 3 rings (SSSR count). The highest BCUT2D eigenvalue weighted by Crippen LogP contribution is 2.52. The first-order chi connectivity index (χ1) is 19.0. The average molecular weight is 580 g/mol. The predicted molar refractivity (Wildman–Crippen MR) is 135 cm³/mol. The first kappa shape index (κ1) is 30.6. The lowest BCUT2D eigenvalue weighted by Gasteiger charge is -2.44. The van der Waals surface area contributed by atoms with Crippen molar-refractivity contribution in [1.29, 1.82) is 0 Å². The predicted octanol–water partition coefficient (Wildman–Crippen LogP) is 3.35. The van der Waals surface area contributed by atoms with E-state index in [1.165, 1.54) is 24.3 Å². The van der Waals surface area contributed by atoms with Crippen LogP contribution in [0, 0.1) is 0 Å². The van der Waals surface area contributed by atoms with E-state index in [0.717, 1.165) is 27.7 Å². The van der Waals surface area contributed by atoms with Gasteiger partial charge in [0.25, 0.3) is 0 Å². The van der Waals surface area contributed by atoms with Crippen molar-refractivity contribution in [2.45, 2.75) is 58.4 Å². The minimum atomic E-state index is -4.66. The standard InChI is InChI=1S/C26H29O13P/c1-16(27)32-15-22-23(33-17(2)28)24(34-18(3)29)25(35-19(4)30)26(36-22)39-40(31,37-20-11-7-5-8-12-20)38-21-13-9-6-10-14-21/h5-14,22-26H,15H2,1-4H3/t22-,23-,24+,25+,26+/m1/s1. The Hall–Kier alpha value is -3.93. The van der Waals surface area contributed by atoms with E-state index in [-0.39, 0.29) is 11.5 Å². The van der Waals surface area contributed by atoms with Gasteiger partial charge in [0, 0.05) is 27.7 Å². The summed E-state index contributed by atoms with van der Waals surface area (Å²) in [6.07, 6.45) is -7.71. The molecule has 2 aromatic carbocycles. The van der Waals surface area contributed by atoms with E-state index in [0.29, 0.717) is 0 Å². The Bertz CT molecular complexity index is 1170. The molecule has 13 nitrogen and oxygen atoms in total. The number of esters is 4. The van der Waals surface area contributed by atoms with Gasteiger partial charge in [-0.1, -0.05) is 36.4 Å². The van der Waals surface area contributed by atoms with Gasteiger partial charge in [-0.15, -0.1) is 0 Å². The van der Waals surface area contributed by atoms with E-state index < -0.39 is 69.0 Å². The summed E-state index contributed by atoms with van der Waals surface area (Å²) in [6.45, 7) is 3.87. The van der Waals surface area contributed by atoms with Crippen molar-refractivity contribution in [3.8, 4) is 11.5 Å². The van der Waals surface area contributed by atoms with Crippen LogP contribution in [0.15, 0.2) is 60.7 Å². The van der Waals surface area contributed by atoms with Crippen LogP contribution in [0.1, 0.15) is 27.7 Å². The molecule has 1 heterocycles. The van der Waals surface area contributed by atoms with Crippen LogP contribution in [-0.4, -0.2) is 61.2 Å². The van der Waals surface area contributed by atoms with Gasteiger partial charge in [-0.3, -0.25) is 19.2 Å². The zero-order chi connectivity index (χ0) is 29.3. The summed E-state index contributed by atoms with van der Waals surface area (Å²) in [5.74, 6) is -2.98. The molecule has 0 unspecified atom stereocenters. The maximum Gasteiger partial charge on any atom is 0.590 e. The van der Waals surface area contributed by atoms with Crippen molar-refractivity contribution >= 4 is 31.7 Å². The summed E-state index contributed by atoms with van der Waals surface area (Å²) < 4.78 is 58.0. The second kappa shape index (κ2) is 13.9. The lowest BCUT2D eigenvalue weighted by Crippen LogP contribution is -2.62. The van der Waals surface area contributed by atoms with Crippen molar-refractivity contribution in [1.82, 2.24) is 0 Å². The van der Waals surface area contributed by atoms with Crippen molar-refractivity contribution in [2.24, 2.45) is 0 Å². The van der Waals surface area contributed by atoms with E-state index in [9.17, 15) is 23.7 Å². The normalized spacial score (nSPS) is 22.4. The monoisotopic (exact) mass is 580 g/mol. The number of benzene rings is 2. The highest BCUT2D eigenvalue weighted by Gasteiger charge is 2.55. The fourth-order valence-corrected chi connectivity index (χ4v) is 4.99. The highest BCUT2D eigenvalue weighted by atomic mass is 31.2. The summed E-state index contributed by atoms with van der Waals surface area (Å²) in [7, 11) is -4.66. The quantitative estimate of drug-likeness (QED) is 0.217. The molecule has 1 aliphatic rings. The second-order valence-corrected chi connectivity index (χ2v) is 9.90. The minimum absolute atomic E-state index is 0.104. The molecule has 0 radical (unpaired) electrons. The maximum absolute atomic E-state index is 14.0. The molecule has 0 amide bonds. The Morgan fingerprint density at radius 1 is 0.675 bits per heavy atom. The average Bonchev–Trinajstić information content (AvgIpc) is 2.86. The maximum atomic E-state index is 14.0. The molecule has 1 saturated heterocycles. The topological polar surface area (TPSA) is 159 Å². The molecule has 14 heteroatoms. The van der Waals surface area contributed by atoms with E-state index in [1.54, 1.807) is 36.4 Å². The van der Waals surface area contributed by atoms with Gasteiger partial charge in [-0.2, -0.15) is 0 Å². The lowest BCUT2D eigenvalue weighted by atomic mass is 9.98. The Labute approximate surface area is 230 Å². The van der Waals surface area contributed by atoms with Gasteiger partial charge in [0.05, 0.1) is 0 Å². The second-order valence-electron chi connectivity index (χ2n) is 8.43. The Morgan fingerprint density at radius 3 is 1.57 bits per heavy atom. The molecule has 0 aromatic heterocycles. The minimum Gasteiger partial charge on any atom is -0.463 e. The molecule has 1 fully saturated rings. The first-order valence-corrected chi connectivity index (χ1v) is 13.5. The molecule has 0 N–H and O–H groups in total. The lowest BCUT2D eigenvalue weighted by molar-refractivity contribution is -0.290. The van der Waals surface area contributed by atoms with Gasteiger partial charge in [-0.05, 0) is 24.3 Å². The van der Waals surface area contributed by atoms with Gasteiger partial charge >= 0.3 is 31.7 Å². The van der Waals surface area contributed by atoms with Crippen LogP contribution in [0.2, 0.25) is 0 Å². The van der Waals surface area contributed by atoms with Crippen molar-refractivity contribution < 1.29 is 61.0 Å². The molecule has 0 spiro atoms. The van der Waals surface area contributed by atoms with E-state index in [2.05, 4.69) is 0 Å². The third-order valence-electron chi connectivity index (χ3n) is 5.10. The van der Waals surface area contributed by atoms with Crippen LogP contribution in [0.5, 0.6) is 11.5 Å². The fraction of sp³-hybridized carbons (Fsp3) is 0.385. The molecule has 1 aliphatic heterocycles. The Kier molecular flexibility index (Phi) is 10.7. The number of phosphoric acid groups is 1. The van der Waals surface area contributed by atoms with Crippen LogP contribution < -0.4 is 9.05 Å². The zero-order valence-corrected chi connectivity index (χ0v) is 23.0. The third kappa shape index (κ3) is 9.08. The summed E-state index contributed by atoms with van der Waals surface area (Å²) in [5.41, 5.74) is 0. The molecule has 216 valence electrons. The number of rotatable bonds is 11. The molecule has 0 saturated carbocycles. The highest BCUT2D eigenvalue weighted by molar-refractivity contribution is 7.49. The van der Waals surface area contributed by atoms with Gasteiger partial charge < -0.3 is 32.7 Å². The third-order valence-corrected chi connectivity index (χ3v) is 6.44. The molecular formula is C26H29O13P. The van der Waals surface area contributed by atoms with E-state index >= 15 is 0 Å². The molecular weight excluding hydrogens is 551 g/mol. The number of carbonyl (C=O) groups excluding carboxylic acids is 4. The molecule has 0 bridgehead atoms. The van der Waals surface area contributed by atoms with Gasteiger partial charge in [0.15, 0.2) is 18.3 Å². The summed E-state index contributed by atoms with van der Waals surface area (Å²) in [6, 6.07) is 15.9. The van der Waals surface area contributed by atoms with Gasteiger partial charge in [-0.25, -0.2) is 9.09 Å². The molecule has 2 aromatic rings. The first-order valence-electron chi connectivity index (χ1n) is 12.0. The van der Waals surface area contributed by atoms with Crippen molar-refractivity contribution in [3.63, 3.8) is 0 Å². The summed E-state index contributed by atoms with van der Waals surface area (Å²) in [4.78, 5) is 47.6. The molecule has 5 atom stereocenters. The van der Waals surface area contributed by atoms with E-state index in [1.807, 2.05) is 0 Å². The van der Waals surface area contributed by atoms with Crippen LogP contribution in [0.4, 0.5) is 0 Å². The number of phosphoric ester groups is 1. The smallest absolute Gasteiger partial charge is 0.463 e. The van der Waals surface area contributed by atoms with Crippen LogP contribution in [0.25, 0.3) is 0 Å². The number of hydrogen-bond acceptors (Lipinski definition) is 13. The van der Waals surface area contributed by atoms with Gasteiger partial charge in [0.1, 0.15) is 24.2 Å². The van der Waals surface area contributed by atoms with Crippen LogP contribution in [-0.2, 0) is 52.0 Å². The summed E-state index contributed by atoms with van der Waals surface area (Å²) >= 11 is 0. The number of para-hydroxylation sites is 2. The van der Waals surface area contributed by atoms with Crippen molar-refractivity contribution in [3.05, 3.63) is 60.7 Å². The van der Waals surface area contributed by atoms with Gasteiger partial charge in [0.2, 0.25) is 6.29 Å².